The van der Waals surface area contributed by atoms with Gasteiger partial charge in [-0.1, -0.05) is 60.0 Å². The van der Waals surface area contributed by atoms with Crippen LogP contribution in [0.2, 0.25) is 5.02 Å². The third kappa shape index (κ3) is 4.39. The van der Waals surface area contributed by atoms with Gasteiger partial charge in [0.2, 0.25) is 0 Å². The van der Waals surface area contributed by atoms with Crippen LogP contribution in [0.15, 0.2) is 54.6 Å². The van der Waals surface area contributed by atoms with Crippen molar-refractivity contribution >= 4 is 28.3 Å². The van der Waals surface area contributed by atoms with Crippen molar-refractivity contribution in [3.63, 3.8) is 0 Å². The molecule has 0 fully saturated rings. The average Bonchev–Trinajstić information content (AvgIpc) is 2.71. The standard InChI is InChI=1S/C23H19ClO4/c1-3-12-27-23(25)18-13-20(24)22(21(14-18)26-4-2)28-15-17-10-7-9-16-8-5-6-11-19(16)17/h1,5-11,13-14H,4,12,15H2,2H3. The van der Waals surface area contributed by atoms with Gasteiger partial charge in [-0.2, -0.15) is 0 Å². The molecule has 0 aromatic heterocycles. The Hall–Kier alpha value is -3.16. The highest BCUT2D eigenvalue weighted by molar-refractivity contribution is 6.32. The van der Waals surface area contributed by atoms with Crippen LogP contribution in [0.1, 0.15) is 22.8 Å². The fourth-order valence-electron chi connectivity index (χ4n) is 2.85. The van der Waals surface area contributed by atoms with Crippen LogP contribution in [-0.2, 0) is 11.3 Å². The van der Waals surface area contributed by atoms with Crippen molar-refractivity contribution in [2.24, 2.45) is 0 Å². The Morgan fingerprint density at radius 1 is 1.11 bits per heavy atom. The van der Waals surface area contributed by atoms with Gasteiger partial charge in [0.1, 0.15) is 6.61 Å². The first kappa shape index (κ1) is 19.6. The molecule has 142 valence electrons. The Morgan fingerprint density at radius 2 is 1.89 bits per heavy atom. The van der Waals surface area contributed by atoms with E-state index >= 15 is 0 Å². The van der Waals surface area contributed by atoms with E-state index in [0.29, 0.717) is 24.7 Å². The predicted octanol–water partition coefficient (Wildman–Crippen LogP) is 5.26. The molecule has 0 saturated carbocycles. The molecule has 3 aromatic rings. The van der Waals surface area contributed by atoms with Gasteiger partial charge in [-0.15, -0.1) is 6.42 Å². The lowest BCUT2D eigenvalue weighted by Gasteiger charge is -2.15. The summed E-state index contributed by atoms with van der Waals surface area (Å²) in [7, 11) is 0. The molecule has 0 radical (unpaired) electrons. The van der Waals surface area contributed by atoms with Crippen molar-refractivity contribution < 1.29 is 19.0 Å². The number of esters is 1. The molecule has 0 unspecified atom stereocenters. The van der Waals surface area contributed by atoms with E-state index in [-0.39, 0.29) is 17.2 Å². The lowest BCUT2D eigenvalue weighted by Crippen LogP contribution is -2.07. The molecule has 0 aliphatic rings. The van der Waals surface area contributed by atoms with Crippen LogP contribution < -0.4 is 9.47 Å². The molecular weight excluding hydrogens is 376 g/mol. The zero-order chi connectivity index (χ0) is 19.9. The van der Waals surface area contributed by atoms with Crippen LogP contribution in [0.3, 0.4) is 0 Å². The van der Waals surface area contributed by atoms with Crippen LogP contribution in [0.4, 0.5) is 0 Å². The van der Waals surface area contributed by atoms with Gasteiger partial charge < -0.3 is 14.2 Å². The molecule has 0 bridgehead atoms. The summed E-state index contributed by atoms with van der Waals surface area (Å²) < 4.78 is 16.6. The van der Waals surface area contributed by atoms with E-state index in [4.69, 9.17) is 32.2 Å². The number of hydrogen-bond donors (Lipinski definition) is 0. The minimum Gasteiger partial charge on any atom is -0.490 e. The summed E-state index contributed by atoms with van der Waals surface area (Å²) in [5, 5.41) is 2.50. The smallest absolute Gasteiger partial charge is 0.339 e. The Labute approximate surface area is 169 Å². The van der Waals surface area contributed by atoms with Crippen molar-refractivity contribution in [1.82, 2.24) is 0 Å². The van der Waals surface area contributed by atoms with E-state index in [9.17, 15) is 4.79 Å². The Kier molecular flexibility index (Phi) is 6.41. The first-order chi connectivity index (χ1) is 13.6. The quantitative estimate of drug-likeness (QED) is 0.405. The maximum Gasteiger partial charge on any atom is 0.339 e. The second kappa shape index (κ2) is 9.16. The summed E-state index contributed by atoms with van der Waals surface area (Å²) in [5.41, 5.74) is 1.27. The van der Waals surface area contributed by atoms with E-state index in [2.05, 4.69) is 5.92 Å². The van der Waals surface area contributed by atoms with Gasteiger partial charge in [-0.25, -0.2) is 4.79 Å². The zero-order valence-electron chi connectivity index (χ0n) is 15.4. The number of fused-ring (bicyclic) bond motifs is 1. The SMILES string of the molecule is C#CCOC(=O)c1cc(Cl)c(OCc2cccc3ccccc23)c(OCC)c1. The number of benzene rings is 3. The number of terminal acetylenes is 1. The van der Waals surface area contributed by atoms with Crippen molar-refractivity contribution in [3.05, 3.63) is 70.7 Å². The summed E-state index contributed by atoms with van der Waals surface area (Å²) in [6, 6.07) is 17.1. The first-order valence-electron chi connectivity index (χ1n) is 8.80. The third-order valence-electron chi connectivity index (χ3n) is 4.08. The summed E-state index contributed by atoms with van der Waals surface area (Å²) in [6.07, 6.45) is 5.12. The Balaban J connectivity index is 1.88. The molecule has 3 aromatic carbocycles. The average molecular weight is 395 g/mol. The maximum atomic E-state index is 12.1. The van der Waals surface area contributed by atoms with E-state index in [0.717, 1.165) is 16.3 Å². The number of rotatable bonds is 7. The maximum absolute atomic E-state index is 12.1. The summed E-state index contributed by atoms with van der Waals surface area (Å²) in [4.78, 5) is 12.1. The van der Waals surface area contributed by atoms with Gasteiger partial charge in [0, 0.05) is 0 Å². The highest BCUT2D eigenvalue weighted by Crippen LogP contribution is 2.37. The highest BCUT2D eigenvalue weighted by Gasteiger charge is 2.17. The second-order valence-electron chi connectivity index (χ2n) is 5.93. The molecule has 28 heavy (non-hydrogen) atoms. The number of carbonyl (C=O) groups is 1. The molecule has 3 rings (SSSR count). The van der Waals surface area contributed by atoms with Crippen molar-refractivity contribution in [2.75, 3.05) is 13.2 Å². The van der Waals surface area contributed by atoms with Crippen molar-refractivity contribution in [1.29, 1.82) is 0 Å². The number of halogens is 1. The molecule has 0 amide bonds. The molecular formula is C23H19ClO4. The zero-order valence-corrected chi connectivity index (χ0v) is 16.2. The van der Waals surface area contributed by atoms with E-state index in [1.165, 1.54) is 6.07 Å². The Morgan fingerprint density at radius 3 is 2.68 bits per heavy atom. The minimum atomic E-state index is -0.568. The topological polar surface area (TPSA) is 44.8 Å². The molecule has 0 atom stereocenters. The molecule has 4 nitrogen and oxygen atoms in total. The third-order valence-corrected chi connectivity index (χ3v) is 4.36. The van der Waals surface area contributed by atoms with Gasteiger partial charge in [0.15, 0.2) is 18.1 Å². The number of carbonyl (C=O) groups excluding carboxylic acids is 1. The molecule has 0 heterocycles. The van der Waals surface area contributed by atoms with E-state index in [1.807, 2.05) is 49.4 Å². The normalized spacial score (nSPS) is 10.3. The van der Waals surface area contributed by atoms with Gasteiger partial charge in [0.05, 0.1) is 17.2 Å². The highest BCUT2D eigenvalue weighted by atomic mass is 35.5. The summed E-state index contributed by atoms with van der Waals surface area (Å²) in [5.74, 6) is 2.44. The molecule has 5 heteroatoms. The first-order valence-corrected chi connectivity index (χ1v) is 9.18. The predicted molar refractivity (Wildman–Crippen MR) is 110 cm³/mol. The van der Waals surface area contributed by atoms with Crippen LogP contribution in [0, 0.1) is 12.3 Å². The van der Waals surface area contributed by atoms with E-state index in [1.54, 1.807) is 6.07 Å². The molecule has 0 aliphatic heterocycles. The summed E-state index contributed by atoms with van der Waals surface area (Å²) in [6.45, 7) is 2.43. The van der Waals surface area contributed by atoms with Gasteiger partial charge in [0.25, 0.3) is 0 Å². The van der Waals surface area contributed by atoms with Gasteiger partial charge in [-0.3, -0.25) is 0 Å². The number of ether oxygens (including phenoxy) is 3. The summed E-state index contributed by atoms with van der Waals surface area (Å²) >= 11 is 6.38. The fourth-order valence-corrected chi connectivity index (χ4v) is 3.11. The van der Waals surface area contributed by atoms with Gasteiger partial charge in [-0.05, 0) is 35.4 Å². The number of hydrogen-bond acceptors (Lipinski definition) is 4. The largest absolute Gasteiger partial charge is 0.490 e. The minimum absolute atomic E-state index is 0.111. The fraction of sp³-hybridized carbons (Fsp3) is 0.174. The monoisotopic (exact) mass is 394 g/mol. The van der Waals surface area contributed by atoms with Crippen LogP contribution in [-0.4, -0.2) is 19.2 Å². The molecule has 0 aliphatic carbocycles. The van der Waals surface area contributed by atoms with Crippen molar-refractivity contribution in [2.45, 2.75) is 13.5 Å². The lowest BCUT2D eigenvalue weighted by atomic mass is 10.1. The second-order valence-corrected chi connectivity index (χ2v) is 6.33. The van der Waals surface area contributed by atoms with Crippen LogP contribution >= 0.6 is 11.6 Å². The Bertz CT molecular complexity index is 1030. The molecule has 0 N–H and O–H groups in total. The van der Waals surface area contributed by atoms with Crippen molar-refractivity contribution in [3.8, 4) is 23.8 Å². The van der Waals surface area contributed by atoms with Gasteiger partial charge >= 0.3 is 5.97 Å². The molecule has 0 spiro atoms. The lowest BCUT2D eigenvalue weighted by molar-refractivity contribution is 0.0556. The molecule has 0 saturated heterocycles. The van der Waals surface area contributed by atoms with Crippen LogP contribution in [0.5, 0.6) is 11.5 Å². The van der Waals surface area contributed by atoms with E-state index < -0.39 is 5.97 Å². The van der Waals surface area contributed by atoms with Crippen LogP contribution in [0.25, 0.3) is 10.8 Å².